The maximum atomic E-state index is 12.6. The Morgan fingerprint density at radius 2 is 1.71 bits per heavy atom. The molecule has 2 aliphatic rings. The van der Waals surface area contributed by atoms with Crippen LogP contribution in [0.25, 0.3) is 0 Å². The Morgan fingerprint density at radius 3 is 2.43 bits per heavy atom. The average molecular weight is 377 g/mol. The van der Waals surface area contributed by atoms with E-state index in [0.717, 1.165) is 44.0 Å². The molecule has 0 spiro atoms. The first-order valence-corrected chi connectivity index (χ1v) is 10.2. The zero-order valence-corrected chi connectivity index (χ0v) is 16.2. The minimum absolute atomic E-state index is 0.130. The van der Waals surface area contributed by atoms with Gasteiger partial charge in [0.05, 0.1) is 0 Å². The van der Waals surface area contributed by atoms with Crippen molar-refractivity contribution in [1.29, 1.82) is 0 Å². The van der Waals surface area contributed by atoms with Crippen LogP contribution in [0.2, 0.25) is 0 Å². The molecule has 5 nitrogen and oxygen atoms in total. The molecule has 0 aromatic heterocycles. The monoisotopic (exact) mass is 377 g/mol. The highest BCUT2D eigenvalue weighted by molar-refractivity contribution is 6.04. The Kier molecular flexibility index (Phi) is 5.72. The summed E-state index contributed by atoms with van der Waals surface area (Å²) in [4.78, 5) is 28.7. The summed E-state index contributed by atoms with van der Waals surface area (Å²) in [6.45, 7) is 4.00. The van der Waals surface area contributed by atoms with Crippen LogP contribution in [-0.4, -0.2) is 36.3 Å². The van der Waals surface area contributed by atoms with Gasteiger partial charge < -0.3 is 10.2 Å². The number of hydrogen-bond donors (Lipinski definition) is 1. The lowest BCUT2D eigenvalue weighted by molar-refractivity contribution is -0.117. The molecule has 2 amide bonds. The van der Waals surface area contributed by atoms with E-state index in [1.807, 2.05) is 24.3 Å². The van der Waals surface area contributed by atoms with E-state index >= 15 is 0 Å². The van der Waals surface area contributed by atoms with Crippen LogP contribution in [0, 0.1) is 0 Å². The third-order valence-electron chi connectivity index (χ3n) is 5.55. The number of rotatable bonds is 5. The minimum atomic E-state index is -0.130. The number of piperidine rings is 1. The summed E-state index contributed by atoms with van der Waals surface area (Å²) in [5.41, 5.74) is 3.50. The molecule has 2 saturated heterocycles. The quantitative estimate of drug-likeness (QED) is 0.855. The Morgan fingerprint density at radius 1 is 0.929 bits per heavy atom. The molecule has 2 fully saturated rings. The molecule has 0 radical (unpaired) electrons. The van der Waals surface area contributed by atoms with Crippen LogP contribution in [0.15, 0.2) is 48.5 Å². The Bertz CT molecular complexity index is 841. The lowest BCUT2D eigenvalue weighted by atomic mass is 10.1. The first-order chi connectivity index (χ1) is 13.7. The summed E-state index contributed by atoms with van der Waals surface area (Å²) in [5, 5.41) is 3.00. The predicted molar refractivity (Wildman–Crippen MR) is 112 cm³/mol. The molecule has 2 heterocycles. The van der Waals surface area contributed by atoms with E-state index in [4.69, 9.17) is 0 Å². The highest BCUT2D eigenvalue weighted by Gasteiger charge is 2.21. The summed E-state index contributed by atoms with van der Waals surface area (Å²) in [7, 11) is 0. The molecule has 0 bridgehead atoms. The third-order valence-corrected chi connectivity index (χ3v) is 5.55. The summed E-state index contributed by atoms with van der Waals surface area (Å²) in [6, 6.07) is 15.4. The van der Waals surface area contributed by atoms with E-state index in [-0.39, 0.29) is 11.8 Å². The Balaban J connectivity index is 1.39. The summed E-state index contributed by atoms with van der Waals surface area (Å²) in [6.07, 6.45) is 5.38. The zero-order valence-electron chi connectivity index (χ0n) is 16.2. The number of nitrogens with one attached hydrogen (secondary N) is 1. The van der Waals surface area contributed by atoms with Crippen LogP contribution in [0.5, 0.6) is 0 Å². The Hall–Kier alpha value is -2.66. The van der Waals surface area contributed by atoms with Gasteiger partial charge in [-0.3, -0.25) is 14.5 Å². The van der Waals surface area contributed by atoms with Gasteiger partial charge in [0.1, 0.15) is 0 Å². The molecule has 0 unspecified atom stereocenters. The van der Waals surface area contributed by atoms with Crippen LogP contribution in [-0.2, 0) is 11.3 Å². The van der Waals surface area contributed by atoms with Crippen molar-refractivity contribution in [3.05, 3.63) is 59.7 Å². The van der Waals surface area contributed by atoms with E-state index in [9.17, 15) is 9.59 Å². The Labute approximate surface area is 166 Å². The van der Waals surface area contributed by atoms with Crippen LogP contribution < -0.4 is 10.2 Å². The minimum Gasteiger partial charge on any atom is -0.322 e. The van der Waals surface area contributed by atoms with E-state index < -0.39 is 0 Å². The van der Waals surface area contributed by atoms with Gasteiger partial charge in [0.15, 0.2) is 0 Å². The van der Waals surface area contributed by atoms with Gasteiger partial charge in [0, 0.05) is 36.4 Å². The molecular formula is C23H27N3O2. The number of nitrogens with zero attached hydrogens (tertiary/aromatic N) is 2. The second-order valence-electron chi connectivity index (χ2n) is 7.69. The topological polar surface area (TPSA) is 52.7 Å². The van der Waals surface area contributed by atoms with Crippen molar-refractivity contribution in [2.24, 2.45) is 0 Å². The number of carbonyl (C=O) groups is 2. The highest BCUT2D eigenvalue weighted by atomic mass is 16.2. The van der Waals surface area contributed by atoms with Crippen molar-refractivity contribution in [2.75, 3.05) is 29.9 Å². The molecule has 2 aliphatic heterocycles. The van der Waals surface area contributed by atoms with Crippen molar-refractivity contribution in [2.45, 2.75) is 38.6 Å². The number of likely N-dealkylation sites (tertiary alicyclic amines) is 1. The maximum absolute atomic E-state index is 12.6. The molecule has 146 valence electrons. The van der Waals surface area contributed by atoms with Gasteiger partial charge in [-0.1, -0.05) is 18.6 Å². The van der Waals surface area contributed by atoms with Crippen LogP contribution >= 0.6 is 0 Å². The molecule has 28 heavy (non-hydrogen) atoms. The summed E-state index contributed by atoms with van der Waals surface area (Å²) < 4.78 is 0. The molecule has 4 rings (SSSR count). The number of amides is 2. The maximum Gasteiger partial charge on any atom is 0.255 e. The largest absolute Gasteiger partial charge is 0.322 e. The van der Waals surface area contributed by atoms with Gasteiger partial charge in [-0.2, -0.15) is 0 Å². The van der Waals surface area contributed by atoms with Crippen molar-refractivity contribution in [1.82, 2.24) is 4.90 Å². The number of hydrogen-bond acceptors (Lipinski definition) is 3. The SMILES string of the molecule is O=C(Nc1cccc(CN2CCCCC2)c1)c1ccc(N2CCCC2=O)cc1. The van der Waals surface area contributed by atoms with Crippen molar-refractivity contribution in [3.8, 4) is 0 Å². The molecule has 2 aromatic carbocycles. The molecule has 0 aliphatic carbocycles. The van der Waals surface area contributed by atoms with Crippen LogP contribution in [0.1, 0.15) is 48.0 Å². The normalized spacial score (nSPS) is 17.7. The van der Waals surface area contributed by atoms with Crippen LogP contribution in [0.3, 0.4) is 0 Å². The van der Waals surface area contributed by atoms with E-state index in [2.05, 4.69) is 22.3 Å². The lowest BCUT2D eigenvalue weighted by Gasteiger charge is -2.26. The molecule has 0 atom stereocenters. The van der Waals surface area contributed by atoms with E-state index in [1.165, 1.54) is 24.8 Å². The third kappa shape index (κ3) is 4.42. The van der Waals surface area contributed by atoms with Crippen molar-refractivity contribution < 1.29 is 9.59 Å². The lowest BCUT2D eigenvalue weighted by Crippen LogP contribution is -2.29. The van der Waals surface area contributed by atoms with Crippen molar-refractivity contribution >= 4 is 23.2 Å². The summed E-state index contributed by atoms with van der Waals surface area (Å²) in [5.74, 6) is 0.0251. The van der Waals surface area contributed by atoms with E-state index in [1.54, 1.807) is 17.0 Å². The second kappa shape index (κ2) is 8.57. The first kappa shape index (κ1) is 18.7. The van der Waals surface area contributed by atoms with Gasteiger partial charge in [-0.15, -0.1) is 0 Å². The van der Waals surface area contributed by atoms with Gasteiger partial charge in [-0.25, -0.2) is 0 Å². The number of carbonyl (C=O) groups excluding carboxylic acids is 2. The fourth-order valence-electron chi connectivity index (χ4n) is 4.04. The molecule has 0 saturated carbocycles. The fraction of sp³-hybridized carbons (Fsp3) is 0.391. The van der Waals surface area contributed by atoms with Gasteiger partial charge in [0.25, 0.3) is 5.91 Å². The van der Waals surface area contributed by atoms with Gasteiger partial charge in [0.2, 0.25) is 5.91 Å². The molecular weight excluding hydrogens is 350 g/mol. The van der Waals surface area contributed by atoms with Crippen LogP contribution in [0.4, 0.5) is 11.4 Å². The van der Waals surface area contributed by atoms with E-state index in [0.29, 0.717) is 12.0 Å². The first-order valence-electron chi connectivity index (χ1n) is 10.2. The number of anilines is 2. The van der Waals surface area contributed by atoms with Crippen molar-refractivity contribution in [3.63, 3.8) is 0 Å². The van der Waals surface area contributed by atoms with Gasteiger partial charge >= 0.3 is 0 Å². The molecule has 5 heteroatoms. The average Bonchev–Trinajstić information content (AvgIpc) is 3.15. The smallest absolute Gasteiger partial charge is 0.255 e. The highest BCUT2D eigenvalue weighted by Crippen LogP contribution is 2.22. The standard InChI is InChI=1S/C23H27N3O2/c27-22-8-5-15-26(22)21-11-9-19(10-12-21)23(28)24-20-7-4-6-18(16-20)17-25-13-2-1-3-14-25/h4,6-7,9-12,16H,1-3,5,8,13-15,17H2,(H,24,28). The molecule has 1 N–H and O–H groups in total. The predicted octanol–water partition coefficient (Wildman–Crippen LogP) is 4.05. The zero-order chi connectivity index (χ0) is 19.3. The summed E-state index contributed by atoms with van der Waals surface area (Å²) >= 11 is 0. The second-order valence-corrected chi connectivity index (χ2v) is 7.69. The number of benzene rings is 2. The van der Waals surface area contributed by atoms with Gasteiger partial charge in [-0.05, 0) is 74.3 Å². The fourth-order valence-corrected chi connectivity index (χ4v) is 4.04. The molecule has 2 aromatic rings.